The fourth-order valence-electron chi connectivity index (χ4n) is 1.89. The van der Waals surface area contributed by atoms with Crippen LogP contribution < -0.4 is 5.32 Å². The molecule has 0 saturated carbocycles. The lowest BCUT2D eigenvalue weighted by molar-refractivity contribution is -0.127. The van der Waals surface area contributed by atoms with Crippen molar-refractivity contribution in [3.63, 3.8) is 0 Å². The van der Waals surface area contributed by atoms with Crippen molar-refractivity contribution >= 4 is 11.7 Å². The molecule has 0 aliphatic rings. The number of nitrogens with one attached hydrogen (secondary N) is 1. The summed E-state index contributed by atoms with van der Waals surface area (Å²) in [6.45, 7) is 7.54. The number of Topliss-reactive ketones (excluding diaryl/α,β-unsaturated/α-hetero) is 1. The zero-order valence-electron chi connectivity index (χ0n) is 11.5. The predicted octanol–water partition coefficient (Wildman–Crippen LogP) is 2.33. The van der Waals surface area contributed by atoms with Gasteiger partial charge in [-0.25, -0.2) is 0 Å². The molecule has 0 heterocycles. The quantitative estimate of drug-likeness (QED) is 0.812. The third-order valence-electron chi connectivity index (χ3n) is 2.93. The molecule has 0 radical (unpaired) electrons. The normalized spacial score (nSPS) is 12.0. The molecule has 1 aromatic carbocycles. The molecule has 0 fully saturated rings. The van der Waals surface area contributed by atoms with E-state index in [1.807, 2.05) is 6.92 Å². The van der Waals surface area contributed by atoms with Crippen molar-refractivity contribution in [3.8, 4) is 0 Å². The molecule has 1 rings (SSSR count). The predicted molar refractivity (Wildman–Crippen MR) is 72.5 cm³/mol. The van der Waals surface area contributed by atoms with Gasteiger partial charge in [-0.1, -0.05) is 18.2 Å². The molecule has 1 amide bonds. The highest BCUT2D eigenvalue weighted by Crippen LogP contribution is 2.11. The fourth-order valence-corrected chi connectivity index (χ4v) is 1.89. The summed E-state index contributed by atoms with van der Waals surface area (Å²) in [6, 6.07) is 6.35. The van der Waals surface area contributed by atoms with Gasteiger partial charge in [0.1, 0.15) is 5.78 Å². The van der Waals surface area contributed by atoms with E-state index in [0.29, 0.717) is 0 Å². The summed E-state index contributed by atoms with van der Waals surface area (Å²) in [6.07, 6.45) is 0.752. The number of benzene rings is 1. The highest BCUT2D eigenvalue weighted by atomic mass is 16.2. The lowest BCUT2D eigenvalue weighted by Crippen LogP contribution is -2.34. The first-order chi connectivity index (χ1) is 8.38. The minimum absolute atomic E-state index is 0.0305. The highest BCUT2D eigenvalue weighted by Gasteiger charge is 2.10. The van der Waals surface area contributed by atoms with Gasteiger partial charge >= 0.3 is 0 Å². The lowest BCUT2D eigenvalue weighted by Gasteiger charge is -2.14. The summed E-state index contributed by atoms with van der Waals surface area (Å²) in [5.41, 5.74) is 3.73. The van der Waals surface area contributed by atoms with E-state index in [1.165, 1.54) is 23.6 Å². The van der Waals surface area contributed by atoms with Crippen LogP contribution in [0.1, 0.15) is 37.0 Å². The van der Waals surface area contributed by atoms with E-state index in [4.69, 9.17) is 0 Å². The van der Waals surface area contributed by atoms with Crippen LogP contribution in [0.4, 0.5) is 0 Å². The smallest absolute Gasteiger partial charge is 0.227 e. The van der Waals surface area contributed by atoms with Crippen LogP contribution >= 0.6 is 0 Å². The fraction of sp³-hybridized carbons (Fsp3) is 0.467. The van der Waals surface area contributed by atoms with Gasteiger partial charge in [-0.15, -0.1) is 0 Å². The SMILES string of the molecule is CC(=O)CC(=O)NC(C)Cc1ccc(C)c(C)c1. The molecule has 0 spiro atoms. The van der Waals surface area contributed by atoms with Crippen LogP contribution in [-0.2, 0) is 16.0 Å². The van der Waals surface area contributed by atoms with Crippen LogP contribution in [-0.4, -0.2) is 17.7 Å². The standard InChI is InChI=1S/C15H21NO2/c1-10-5-6-14(7-11(10)2)8-12(3)16-15(18)9-13(4)17/h5-7,12H,8-9H2,1-4H3,(H,16,18). The summed E-state index contributed by atoms with van der Waals surface area (Å²) in [5.74, 6) is -0.301. The molecular formula is C15H21NO2. The van der Waals surface area contributed by atoms with Crippen LogP contribution in [0.15, 0.2) is 18.2 Å². The number of hydrogen-bond acceptors (Lipinski definition) is 2. The van der Waals surface area contributed by atoms with Crippen molar-refractivity contribution in [2.45, 2.75) is 46.6 Å². The Bertz CT molecular complexity index is 452. The monoisotopic (exact) mass is 247 g/mol. The van der Waals surface area contributed by atoms with E-state index in [1.54, 1.807) is 0 Å². The van der Waals surface area contributed by atoms with Crippen LogP contribution in [0.3, 0.4) is 0 Å². The maximum atomic E-state index is 11.4. The molecule has 3 nitrogen and oxygen atoms in total. The van der Waals surface area contributed by atoms with Crippen molar-refractivity contribution < 1.29 is 9.59 Å². The van der Waals surface area contributed by atoms with Gasteiger partial charge in [0.15, 0.2) is 0 Å². The molecule has 18 heavy (non-hydrogen) atoms. The van der Waals surface area contributed by atoms with Crippen LogP contribution in [0, 0.1) is 13.8 Å². The maximum absolute atomic E-state index is 11.4. The Morgan fingerprint density at radius 1 is 1.22 bits per heavy atom. The summed E-state index contributed by atoms with van der Waals surface area (Å²) >= 11 is 0. The largest absolute Gasteiger partial charge is 0.353 e. The van der Waals surface area contributed by atoms with E-state index >= 15 is 0 Å². The first-order valence-electron chi connectivity index (χ1n) is 6.23. The molecule has 3 heteroatoms. The van der Waals surface area contributed by atoms with E-state index in [9.17, 15) is 9.59 Å². The average Bonchev–Trinajstić information content (AvgIpc) is 2.21. The van der Waals surface area contributed by atoms with E-state index in [2.05, 4.69) is 37.4 Å². The Morgan fingerprint density at radius 3 is 2.44 bits per heavy atom. The van der Waals surface area contributed by atoms with E-state index in [0.717, 1.165) is 6.42 Å². The Balaban J connectivity index is 2.53. The molecule has 0 saturated heterocycles. The average molecular weight is 247 g/mol. The number of carbonyl (C=O) groups is 2. The zero-order chi connectivity index (χ0) is 13.7. The van der Waals surface area contributed by atoms with Crippen molar-refractivity contribution in [1.82, 2.24) is 5.32 Å². The molecule has 0 aromatic heterocycles. The van der Waals surface area contributed by atoms with Crippen molar-refractivity contribution in [2.75, 3.05) is 0 Å². The Hall–Kier alpha value is -1.64. The minimum Gasteiger partial charge on any atom is -0.353 e. The molecule has 1 aromatic rings. The highest BCUT2D eigenvalue weighted by molar-refractivity contribution is 5.96. The van der Waals surface area contributed by atoms with E-state index < -0.39 is 0 Å². The summed E-state index contributed by atoms with van der Waals surface area (Å²) < 4.78 is 0. The van der Waals surface area contributed by atoms with Gasteiger partial charge in [0.05, 0.1) is 6.42 Å². The second-order valence-corrected chi connectivity index (χ2v) is 4.97. The van der Waals surface area contributed by atoms with Gasteiger partial charge in [0, 0.05) is 6.04 Å². The minimum atomic E-state index is -0.196. The molecule has 1 N–H and O–H groups in total. The van der Waals surface area contributed by atoms with Gasteiger partial charge in [-0.3, -0.25) is 9.59 Å². The molecule has 1 atom stereocenters. The summed E-state index contributed by atoms with van der Waals surface area (Å²) in [5, 5.41) is 2.83. The summed E-state index contributed by atoms with van der Waals surface area (Å²) in [7, 11) is 0. The van der Waals surface area contributed by atoms with Crippen molar-refractivity contribution in [1.29, 1.82) is 0 Å². The first kappa shape index (κ1) is 14.4. The second kappa shape index (κ2) is 6.34. The molecule has 0 aliphatic heterocycles. The Kier molecular flexibility index (Phi) is 5.08. The number of aryl methyl sites for hydroxylation is 2. The molecule has 0 aliphatic carbocycles. The summed E-state index contributed by atoms with van der Waals surface area (Å²) in [4.78, 5) is 22.3. The van der Waals surface area contributed by atoms with Crippen LogP contribution in [0.25, 0.3) is 0 Å². The molecule has 0 bridgehead atoms. The topological polar surface area (TPSA) is 46.2 Å². The Morgan fingerprint density at radius 2 is 1.89 bits per heavy atom. The van der Waals surface area contributed by atoms with Crippen molar-refractivity contribution in [3.05, 3.63) is 34.9 Å². The molecule has 1 unspecified atom stereocenters. The van der Waals surface area contributed by atoms with Gasteiger partial charge in [-0.05, 0) is 50.8 Å². The molecular weight excluding hydrogens is 226 g/mol. The Labute approximate surface area is 109 Å². The number of ketones is 1. The third kappa shape index (κ3) is 4.70. The van der Waals surface area contributed by atoms with Gasteiger partial charge in [-0.2, -0.15) is 0 Å². The zero-order valence-corrected chi connectivity index (χ0v) is 11.5. The number of carbonyl (C=O) groups excluding carboxylic acids is 2. The van der Waals surface area contributed by atoms with Crippen LogP contribution in [0.5, 0.6) is 0 Å². The number of amides is 1. The van der Waals surface area contributed by atoms with Gasteiger partial charge in [0.2, 0.25) is 5.91 Å². The second-order valence-electron chi connectivity index (χ2n) is 4.97. The number of rotatable bonds is 5. The van der Waals surface area contributed by atoms with Gasteiger partial charge in [0.25, 0.3) is 0 Å². The van der Waals surface area contributed by atoms with E-state index in [-0.39, 0.29) is 24.2 Å². The number of hydrogen-bond donors (Lipinski definition) is 1. The van der Waals surface area contributed by atoms with Gasteiger partial charge < -0.3 is 5.32 Å². The van der Waals surface area contributed by atoms with Crippen LogP contribution in [0.2, 0.25) is 0 Å². The lowest BCUT2D eigenvalue weighted by atomic mass is 10.0. The third-order valence-corrected chi connectivity index (χ3v) is 2.93. The maximum Gasteiger partial charge on any atom is 0.227 e. The molecule has 98 valence electrons. The first-order valence-corrected chi connectivity index (χ1v) is 6.23. The van der Waals surface area contributed by atoms with Crippen molar-refractivity contribution in [2.24, 2.45) is 0 Å².